The number of nitrogens with one attached hydrogen (secondary N) is 1. The summed E-state index contributed by atoms with van der Waals surface area (Å²) in [5.74, 6) is 0. The Morgan fingerprint density at radius 3 is 2.42 bits per heavy atom. The lowest BCUT2D eigenvalue weighted by atomic mass is 10.3. The van der Waals surface area contributed by atoms with Crippen LogP contribution >= 0.6 is 0 Å². The highest BCUT2D eigenvalue weighted by molar-refractivity contribution is 4.60. The van der Waals surface area contributed by atoms with Crippen molar-refractivity contribution in [2.75, 3.05) is 13.1 Å². The Kier molecular flexibility index (Phi) is 8.95. The zero-order valence-corrected chi connectivity index (χ0v) is 8.77. The van der Waals surface area contributed by atoms with E-state index < -0.39 is 0 Å². The van der Waals surface area contributed by atoms with Crippen molar-refractivity contribution >= 4 is 0 Å². The van der Waals surface area contributed by atoms with E-state index in [0.29, 0.717) is 6.17 Å². The first-order valence-electron chi connectivity index (χ1n) is 5.25. The van der Waals surface area contributed by atoms with Gasteiger partial charge in [-0.25, -0.2) is 5.32 Å². The van der Waals surface area contributed by atoms with Gasteiger partial charge in [0.15, 0.2) is 0 Å². The van der Waals surface area contributed by atoms with Gasteiger partial charge in [-0.15, -0.1) is 0 Å². The van der Waals surface area contributed by atoms with Gasteiger partial charge < -0.3 is 5.32 Å². The van der Waals surface area contributed by atoms with Crippen molar-refractivity contribution in [3.05, 3.63) is 0 Å². The van der Waals surface area contributed by atoms with Crippen molar-refractivity contribution in [3.63, 3.8) is 0 Å². The summed E-state index contributed by atoms with van der Waals surface area (Å²) in [6, 6.07) is 0. The minimum atomic E-state index is 0.400. The van der Waals surface area contributed by atoms with Crippen LogP contribution in [0.5, 0.6) is 0 Å². The van der Waals surface area contributed by atoms with Crippen molar-refractivity contribution in [2.24, 2.45) is 0 Å². The van der Waals surface area contributed by atoms with Crippen LogP contribution in [0.2, 0.25) is 0 Å². The van der Waals surface area contributed by atoms with Crippen LogP contribution < -0.4 is 10.6 Å². The molecule has 1 atom stereocenters. The molecule has 1 radical (unpaired) electrons. The average Bonchev–Trinajstić information content (AvgIpc) is 2.11. The van der Waals surface area contributed by atoms with Gasteiger partial charge in [0, 0.05) is 6.54 Å². The van der Waals surface area contributed by atoms with Crippen molar-refractivity contribution < 1.29 is 0 Å². The van der Waals surface area contributed by atoms with Gasteiger partial charge >= 0.3 is 0 Å². The molecule has 0 saturated heterocycles. The summed E-state index contributed by atoms with van der Waals surface area (Å²) >= 11 is 0. The van der Waals surface area contributed by atoms with Crippen molar-refractivity contribution in [2.45, 2.75) is 52.6 Å². The molecule has 0 rings (SSSR count). The maximum atomic E-state index is 4.52. The summed E-state index contributed by atoms with van der Waals surface area (Å²) in [7, 11) is 0. The molecule has 12 heavy (non-hydrogen) atoms. The first-order valence-corrected chi connectivity index (χ1v) is 5.25. The Labute approximate surface area is 77.1 Å². The molecule has 73 valence electrons. The first kappa shape index (κ1) is 11.9. The van der Waals surface area contributed by atoms with Gasteiger partial charge in [0.25, 0.3) is 0 Å². The van der Waals surface area contributed by atoms with Gasteiger partial charge in [-0.3, -0.25) is 0 Å². The van der Waals surface area contributed by atoms with Crippen LogP contribution in [0, 0.1) is 0 Å². The molecule has 2 nitrogen and oxygen atoms in total. The molecule has 0 spiro atoms. The second-order valence-electron chi connectivity index (χ2n) is 3.14. The summed E-state index contributed by atoms with van der Waals surface area (Å²) in [5.41, 5.74) is 0. The number of rotatable bonds is 8. The molecule has 0 aromatic heterocycles. The lowest BCUT2D eigenvalue weighted by molar-refractivity contribution is 0.402. The smallest absolute Gasteiger partial charge is 0.0733 e. The van der Waals surface area contributed by atoms with Crippen LogP contribution in [-0.4, -0.2) is 19.3 Å². The minimum absolute atomic E-state index is 0.400. The third-order valence-electron chi connectivity index (χ3n) is 1.87. The Morgan fingerprint density at radius 2 is 1.92 bits per heavy atom. The van der Waals surface area contributed by atoms with Crippen molar-refractivity contribution in [1.29, 1.82) is 0 Å². The Morgan fingerprint density at radius 1 is 1.17 bits per heavy atom. The molecule has 0 aliphatic rings. The van der Waals surface area contributed by atoms with E-state index in [0.717, 1.165) is 25.9 Å². The highest BCUT2D eigenvalue weighted by Crippen LogP contribution is 1.90. The molecule has 0 fully saturated rings. The molecule has 0 aromatic rings. The zero-order valence-electron chi connectivity index (χ0n) is 8.77. The van der Waals surface area contributed by atoms with Crippen molar-refractivity contribution in [3.8, 4) is 0 Å². The van der Waals surface area contributed by atoms with E-state index in [1.54, 1.807) is 0 Å². The molecule has 0 aromatic carbocycles. The highest BCUT2D eigenvalue weighted by atomic mass is 15.1. The molecule has 0 aliphatic heterocycles. The molecule has 1 N–H and O–H groups in total. The fourth-order valence-electron chi connectivity index (χ4n) is 1.07. The highest BCUT2D eigenvalue weighted by Gasteiger charge is 2.02. The maximum Gasteiger partial charge on any atom is 0.0733 e. The third kappa shape index (κ3) is 6.62. The Bertz CT molecular complexity index is 83.9. The predicted octanol–water partition coefficient (Wildman–Crippen LogP) is 2.13. The summed E-state index contributed by atoms with van der Waals surface area (Å²) in [5, 5.41) is 7.96. The third-order valence-corrected chi connectivity index (χ3v) is 1.87. The van der Waals surface area contributed by atoms with Crippen LogP contribution in [0.15, 0.2) is 0 Å². The Balaban J connectivity index is 3.26. The average molecular weight is 171 g/mol. The van der Waals surface area contributed by atoms with Gasteiger partial charge in [0.1, 0.15) is 0 Å². The molecule has 0 aliphatic carbocycles. The largest absolute Gasteiger partial charge is 0.301 e. The van der Waals surface area contributed by atoms with E-state index in [1.165, 1.54) is 12.8 Å². The summed E-state index contributed by atoms with van der Waals surface area (Å²) < 4.78 is 0. The van der Waals surface area contributed by atoms with E-state index >= 15 is 0 Å². The molecular weight excluding hydrogens is 148 g/mol. The van der Waals surface area contributed by atoms with E-state index in [1.807, 2.05) is 0 Å². The lowest BCUT2D eigenvalue weighted by Gasteiger charge is -2.15. The van der Waals surface area contributed by atoms with Gasteiger partial charge in [-0.2, -0.15) is 0 Å². The van der Waals surface area contributed by atoms with Gasteiger partial charge in [-0.05, 0) is 25.8 Å². The molecule has 0 bridgehead atoms. The Hall–Kier alpha value is -0.0800. The first-order chi connectivity index (χ1) is 5.85. The van der Waals surface area contributed by atoms with Gasteiger partial charge in [-0.1, -0.05) is 27.2 Å². The number of nitrogens with zero attached hydrogens (tertiary/aromatic N) is 1. The van der Waals surface area contributed by atoms with E-state index in [2.05, 4.69) is 31.4 Å². The summed E-state index contributed by atoms with van der Waals surface area (Å²) in [6.07, 6.45) is 5.20. The van der Waals surface area contributed by atoms with Crippen LogP contribution in [0.1, 0.15) is 46.5 Å². The van der Waals surface area contributed by atoms with Crippen LogP contribution in [0.3, 0.4) is 0 Å². The molecule has 1 unspecified atom stereocenters. The van der Waals surface area contributed by atoms with E-state index in [4.69, 9.17) is 0 Å². The molecule has 0 saturated carbocycles. The van der Waals surface area contributed by atoms with Crippen LogP contribution in [-0.2, 0) is 0 Å². The van der Waals surface area contributed by atoms with Crippen LogP contribution in [0.4, 0.5) is 0 Å². The minimum Gasteiger partial charge on any atom is -0.301 e. The molecule has 0 heterocycles. The van der Waals surface area contributed by atoms with E-state index in [-0.39, 0.29) is 0 Å². The maximum absolute atomic E-state index is 4.52. The summed E-state index contributed by atoms with van der Waals surface area (Å²) in [6.45, 7) is 8.68. The van der Waals surface area contributed by atoms with E-state index in [9.17, 15) is 0 Å². The van der Waals surface area contributed by atoms with Crippen LogP contribution in [0.25, 0.3) is 0 Å². The SMILES string of the molecule is CCCCNC(CC)[N]CCC. The fourth-order valence-corrected chi connectivity index (χ4v) is 1.07. The number of unbranched alkanes of at least 4 members (excludes halogenated alkanes) is 1. The topological polar surface area (TPSA) is 26.1 Å². The van der Waals surface area contributed by atoms with Crippen molar-refractivity contribution in [1.82, 2.24) is 10.6 Å². The fraction of sp³-hybridized carbons (Fsp3) is 1.00. The van der Waals surface area contributed by atoms with Gasteiger partial charge in [0.05, 0.1) is 6.17 Å². The standard InChI is InChI=1S/C10H23N2/c1-4-7-9-12-10(6-3)11-8-5-2/h10,12H,4-9H2,1-3H3. The number of hydrogen-bond acceptors (Lipinski definition) is 1. The number of hydrogen-bond donors (Lipinski definition) is 1. The lowest BCUT2D eigenvalue weighted by Crippen LogP contribution is -2.37. The van der Waals surface area contributed by atoms with Gasteiger partial charge in [0.2, 0.25) is 0 Å². The zero-order chi connectivity index (χ0) is 9.23. The second-order valence-corrected chi connectivity index (χ2v) is 3.14. The normalized spacial score (nSPS) is 13.2. The molecular formula is C10H23N2. The molecule has 0 amide bonds. The quantitative estimate of drug-likeness (QED) is 0.556. The molecule has 2 heteroatoms. The predicted molar refractivity (Wildman–Crippen MR) is 54.3 cm³/mol. The summed E-state index contributed by atoms with van der Waals surface area (Å²) in [4.78, 5) is 0. The second kappa shape index (κ2) is 9.01. The monoisotopic (exact) mass is 171 g/mol.